The molecule has 2 nitrogen and oxygen atoms in total. The van der Waals surface area contributed by atoms with Crippen molar-refractivity contribution < 1.29 is 4.21 Å². The molecule has 0 aliphatic carbocycles. The van der Waals surface area contributed by atoms with Gasteiger partial charge in [-0.1, -0.05) is 30.7 Å². The van der Waals surface area contributed by atoms with Crippen molar-refractivity contribution in [2.75, 3.05) is 31.6 Å². The van der Waals surface area contributed by atoms with Crippen LogP contribution in [0.15, 0.2) is 24.3 Å². The first-order chi connectivity index (χ1) is 9.10. The summed E-state index contributed by atoms with van der Waals surface area (Å²) < 4.78 is 11.9. The van der Waals surface area contributed by atoms with Gasteiger partial charge in [0, 0.05) is 33.9 Å². The number of hydrogen-bond donors (Lipinski definition) is 0. The van der Waals surface area contributed by atoms with Crippen LogP contribution in [0, 0.1) is 5.92 Å². The van der Waals surface area contributed by atoms with Crippen LogP contribution in [0.4, 0.5) is 0 Å². The van der Waals surface area contributed by atoms with Gasteiger partial charge in [-0.2, -0.15) is 0 Å². The lowest BCUT2D eigenvalue weighted by Gasteiger charge is -2.37. The zero-order valence-electron chi connectivity index (χ0n) is 11.6. The second-order valence-corrected chi connectivity index (χ2v) is 7.59. The Hall–Kier alpha value is -0.380. The first-order valence-corrected chi connectivity index (χ1v) is 8.75. The van der Waals surface area contributed by atoms with E-state index < -0.39 is 10.8 Å². The number of benzene rings is 1. The fraction of sp³-hybridized carbons (Fsp3) is 0.600. The fourth-order valence-corrected chi connectivity index (χ4v) is 4.07. The second-order valence-electron chi connectivity index (χ2n) is 5.36. The molecule has 1 fully saturated rings. The molecule has 0 spiro atoms. The van der Waals surface area contributed by atoms with Crippen molar-refractivity contribution in [3.05, 3.63) is 34.9 Å². The Bertz CT molecular complexity index is 434. The van der Waals surface area contributed by atoms with E-state index >= 15 is 0 Å². The van der Waals surface area contributed by atoms with Gasteiger partial charge in [-0.3, -0.25) is 4.21 Å². The summed E-state index contributed by atoms with van der Waals surface area (Å²) in [6.45, 7) is 4.15. The average Bonchev–Trinajstić information content (AvgIpc) is 2.40. The lowest BCUT2D eigenvalue weighted by molar-refractivity contribution is 0.198. The molecule has 1 aromatic carbocycles. The van der Waals surface area contributed by atoms with Crippen LogP contribution in [-0.4, -0.2) is 40.8 Å². The maximum Gasteiger partial charge on any atom is 0.0406 e. The standard InChI is InChI=1S/C15H22ClNOS/c1-3-19(18)11-13-10-17(2)9-8-15(13)12-4-6-14(16)7-5-12/h4-7,13,15H,3,8-11H2,1-2H3/t13-,15-,19?/m1/s1. The fourth-order valence-electron chi connectivity index (χ4n) is 2.89. The van der Waals surface area contributed by atoms with Crippen LogP contribution in [0.25, 0.3) is 0 Å². The van der Waals surface area contributed by atoms with Gasteiger partial charge in [-0.25, -0.2) is 0 Å². The van der Waals surface area contributed by atoms with Gasteiger partial charge in [0.1, 0.15) is 0 Å². The molecule has 1 unspecified atom stereocenters. The minimum atomic E-state index is -0.691. The number of likely N-dealkylation sites (tertiary alicyclic amines) is 1. The smallest absolute Gasteiger partial charge is 0.0406 e. The van der Waals surface area contributed by atoms with Gasteiger partial charge >= 0.3 is 0 Å². The molecule has 1 aromatic rings. The van der Waals surface area contributed by atoms with Crippen LogP contribution in [0.1, 0.15) is 24.8 Å². The number of nitrogens with zero attached hydrogens (tertiary/aromatic N) is 1. The average molecular weight is 300 g/mol. The molecule has 0 saturated carbocycles. The zero-order chi connectivity index (χ0) is 13.8. The van der Waals surface area contributed by atoms with Crippen molar-refractivity contribution in [2.45, 2.75) is 19.3 Å². The molecular weight excluding hydrogens is 278 g/mol. The van der Waals surface area contributed by atoms with E-state index in [1.807, 2.05) is 19.1 Å². The van der Waals surface area contributed by atoms with Crippen molar-refractivity contribution in [2.24, 2.45) is 5.92 Å². The first-order valence-electron chi connectivity index (χ1n) is 6.89. The first kappa shape index (κ1) is 15.0. The van der Waals surface area contributed by atoms with E-state index in [1.54, 1.807) is 0 Å². The Morgan fingerprint density at radius 3 is 2.68 bits per heavy atom. The number of piperidine rings is 1. The summed E-state index contributed by atoms with van der Waals surface area (Å²) in [5, 5.41) is 0.783. The summed E-state index contributed by atoms with van der Waals surface area (Å²) in [5.41, 5.74) is 1.34. The van der Waals surface area contributed by atoms with Crippen LogP contribution in [-0.2, 0) is 10.8 Å². The number of rotatable bonds is 4. The van der Waals surface area contributed by atoms with E-state index in [4.69, 9.17) is 11.6 Å². The molecule has 1 aliphatic rings. The normalized spacial score (nSPS) is 26.3. The molecule has 3 atom stereocenters. The highest BCUT2D eigenvalue weighted by atomic mass is 35.5. The molecule has 1 heterocycles. The summed E-state index contributed by atoms with van der Waals surface area (Å²) in [5.74, 6) is 2.58. The summed E-state index contributed by atoms with van der Waals surface area (Å²) in [4.78, 5) is 2.35. The van der Waals surface area contributed by atoms with Gasteiger partial charge in [0.15, 0.2) is 0 Å². The van der Waals surface area contributed by atoms with Crippen LogP contribution in [0.2, 0.25) is 5.02 Å². The third kappa shape index (κ3) is 4.04. The van der Waals surface area contributed by atoms with E-state index in [-0.39, 0.29) is 0 Å². The molecule has 0 N–H and O–H groups in total. The largest absolute Gasteiger partial charge is 0.306 e. The second kappa shape index (κ2) is 6.87. The van der Waals surface area contributed by atoms with E-state index in [1.165, 1.54) is 5.56 Å². The lowest BCUT2D eigenvalue weighted by Crippen LogP contribution is -2.39. The molecule has 0 amide bonds. The van der Waals surface area contributed by atoms with Crippen molar-refractivity contribution >= 4 is 22.4 Å². The molecule has 4 heteroatoms. The summed E-state index contributed by atoms with van der Waals surface area (Å²) >= 11 is 5.96. The van der Waals surface area contributed by atoms with Crippen LogP contribution in [0.5, 0.6) is 0 Å². The Kier molecular flexibility index (Phi) is 5.43. The van der Waals surface area contributed by atoms with E-state index in [0.717, 1.165) is 36.0 Å². The lowest BCUT2D eigenvalue weighted by atomic mass is 9.81. The summed E-state index contributed by atoms with van der Waals surface area (Å²) in [6, 6.07) is 8.17. The van der Waals surface area contributed by atoms with E-state index in [2.05, 4.69) is 24.1 Å². The zero-order valence-corrected chi connectivity index (χ0v) is 13.2. The van der Waals surface area contributed by atoms with E-state index in [9.17, 15) is 4.21 Å². The van der Waals surface area contributed by atoms with Crippen LogP contribution < -0.4 is 0 Å². The van der Waals surface area contributed by atoms with E-state index in [0.29, 0.717) is 11.8 Å². The number of hydrogen-bond acceptors (Lipinski definition) is 2. The molecule has 0 aromatic heterocycles. The van der Waals surface area contributed by atoms with Crippen LogP contribution >= 0.6 is 11.6 Å². The quantitative estimate of drug-likeness (QED) is 0.851. The Balaban J connectivity index is 2.15. The molecule has 19 heavy (non-hydrogen) atoms. The SMILES string of the molecule is CCS(=O)C[C@H]1CN(C)CC[C@@H]1c1ccc(Cl)cc1. The topological polar surface area (TPSA) is 20.3 Å². The molecule has 106 valence electrons. The summed E-state index contributed by atoms with van der Waals surface area (Å²) in [6.07, 6.45) is 1.14. The van der Waals surface area contributed by atoms with Gasteiger partial charge < -0.3 is 4.90 Å². The van der Waals surface area contributed by atoms with Gasteiger partial charge in [-0.05, 0) is 49.5 Å². The predicted octanol–water partition coefficient (Wildman–Crippen LogP) is 3.14. The van der Waals surface area contributed by atoms with Gasteiger partial charge in [0.2, 0.25) is 0 Å². The third-order valence-electron chi connectivity index (χ3n) is 3.96. The highest BCUT2D eigenvalue weighted by Crippen LogP contribution is 2.33. The third-order valence-corrected chi connectivity index (χ3v) is 5.65. The van der Waals surface area contributed by atoms with Crippen molar-refractivity contribution in [1.82, 2.24) is 4.90 Å². The minimum Gasteiger partial charge on any atom is -0.306 e. The number of halogens is 1. The molecular formula is C15H22ClNOS. The predicted molar refractivity (Wildman–Crippen MR) is 83.3 cm³/mol. The van der Waals surface area contributed by atoms with Gasteiger partial charge in [0.05, 0.1) is 0 Å². The van der Waals surface area contributed by atoms with Gasteiger partial charge in [0.25, 0.3) is 0 Å². The Morgan fingerprint density at radius 1 is 1.37 bits per heavy atom. The molecule has 1 saturated heterocycles. The molecule has 0 bridgehead atoms. The highest BCUT2D eigenvalue weighted by Gasteiger charge is 2.29. The molecule has 1 aliphatic heterocycles. The Labute approximate surface area is 123 Å². The van der Waals surface area contributed by atoms with Crippen molar-refractivity contribution in [3.63, 3.8) is 0 Å². The monoisotopic (exact) mass is 299 g/mol. The maximum absolute atomic E-state index is 11.9. The van der Waals surface area contributed by atoms with Crippen molar-refractivity contribution in [3.8, 4) is 0 Å². The van der Waals surface area contributed by atoms with Crippen molar-refractivity contribution in [1.29, 1.82) is 0 Å². The highest BCUT2D eigenvalue weighted by molar-refractivity contribution is 7.84. The molecule has 0 radical (unpaired) electrons. The maximum atomic E-state index is 11.9. The molecule has 2 rings (SSSR count). The Morgan fingerprint density at radius 2 is 2.05 bits per heavy atom. The van der Waals surface area contributed by atoms with Crippen LogP contribution in [0.3, 0.4) is 0 Å². The minimum absolute atomic E-state index is 0.487. The summed E-state index contributed by atoms with van der Waals surface area (Å²) in [7, 11) is 1.46. The van der Waals surface area contributed by atoms with Gasteiger partial charge in [-0.15, -0.1) is 0 Å².